The molecule has 1 heterocycles. The molecule has 0 N–H and O–H groups in total. The van der Waals surface area contributed by atoms with Crippen LogP contribution in [0.15, 0.2) is 91.0 Å². The minimum atomic E-state index is -0.390. The summed E-state index contributed by atoms with van der Waals surface area (Å²) in [6, 6.07) is 32.9. The molecule has 30 heavy (non-hydrogen) atoms. The average molecular weight is 428 g/mol. The lowest BCUT2D eigenvalue weighted by Crippen LogP contribution is -2.18. The van der Waals surface area contributed by atoms with Crippen LogP contribution in [0.1, 0.15) is 35.8 Å². The first-order chi connectivity index (χ1) is 14.9. The lowest BCUT2D eigenvalue weighted by Gasteiger charge is -2.24. The highest BCUT2D eigenvalue weighted by Crippen LogP contribution is 2.44. The molecule has 0 spiro atoms. The number of hydrogen-bond acceptors (Lipinski definition) is 2. The molecule has 0 unspecified atom stereocenters. The van der Waals surface area contributed by atoms with Crippen LogP contribution in [-0.4, -0.2) is 11.1 Å². The van der Waals surface area contributed by atoms with Crippen LogP contribution in [0.2, 0.25) is 0 Å². The summed E-state index contributed by atoms with van der Waals surface area (Å²) in [5.41, 5.74) is 2.64. The molecule has 4 aromatic rings. The second-order valence-electron chi connectivity index (χ2n) is 7.92. The minimum Gasteiger partial charge on any atom is -0.241 e. The Morgan fingerprint density at radius 3 is 2.00 bits per heavy atom. The number of nitrogens with zero attached hydrogens (tertiary/aromatic N) is 1. The van der Waals surface area contributed by atoms with Gasteiger partial charge in [-0.15, -0.1) is 11.3 Å². The predicted octanol–water partition coefficient (Wildman–Crippen LogP) is 6.75. The van der Waals surface area contributed by atoms with E-state index in [0.29, 0.717) is 5.92 Å². The summed E-state index contributed by atoms with van der Waals surface area (Å²) in [7, 11) is -0.390. The molecular weight excluding hydrogens is 401 g/mol. The highest BCUT2D eigenvalue weighted by atomic mass is 32.1. The first-order valence-electron chi connectivity index (χ1n) is 10.8. The van der Waals surface area contributed by atoms with Gasteiger partial charge in [0.2, 0.25) is 0 Å². The topological polar surface area (TPSA) is 12.9 Å². The maximum absolute atomic E-state index is 5.23. The van der Waals surface area contributed by atoms with E-state index in [4.69, 9.17) is 4.98 Å². The van der Waals surface area contributed by atoms with Gasteiger partial charge in [0.05, 0.1) is 5.69 Å². The fraction of sp³-hybridized carbons (Fsp3) is 0.222. The monoisotopic (exact) mass is 427 g/mol. The second-order valence-corrected chi connectivity index (χ2v) is 11.3. The van der Waals surface area contributed by atoms with Crippen LogP contribution in [0, 0.1) is 0 Å². The first kappa shape index (κ1) is 19.7. The SMILES string of the molecule is c1ccc(-c2nc3c(s2)CCCC[C@@H]3CP(c2ccccc2)c2ccccc2)cc1. The summed E-state index contributed by atoms with van der Waals surface area (Å²) < 4.78 is 0. The molecule has 0 bridgehead atoms. The Balaban J connectivity index is 1.51. The molecule has 5 rings (SSSR count). The zero-order chi connectivity index (χ0) is 20.2. The number of benzene rings is 3. The highest BCUT2D eigenvalue weighted by molar-refractivity contribution is 7.73. The molecule has 1 aromatic heterocycles. The van der Waals surface area contributed by atoms with Crippen molar-refractivity contribution in [3.8, 4) is 10.6 Å². The third-order valence-corrected chi connectivity index (χ3v) is 9.71. The van der Waals surface area contributed by atoms with Crippen molar-refractivity contribution in [2.75, 3.05) is 6.16 Å². The van der Waals surface area contributed by atoms with Crippen molar-refractivity contribution in [1.82, 2.24) is 4.98 Å². The largest absolute Gasteiger partial charge is 0.241 e. The van der Waals surface area contributed by atoms with Crippen molar-refractivity contribution in [3.05, 3.63) is 102 Å². The minimum absolute atomic E-state index is 0.390. The summed E-state index contributed by atoms with van der Waals surface area (Å²) in [6.45, 7) is 0. The Bertz CT molecular complexity index is 1040. The van der Waals surface area contributed by atoms with Crippen molar-refractivity contribution >= 4 is 29.9 Å². The van der Waals surface area contributed by atoms with E-state index in [1.54, 1.807) is 0 Å². The Morgan fingerprint density at radius 1 is 0.767 bits per heavy atom. The summed E-state index contributed by atoms with van der Waals surface area (Å²) >= 11 is 1.92. The van der Waals surface area contributed by atoms with Crippen molar-refractivity contribution in [1.29, 1.82) is 0 Å². The molecular formula is C27H26NPS. The van der Waals surface area contributed by atoms with Crippen LogP contribution >= 0.6 is 19.3 Å². The van der Waals surface area contributed by atoms with Gasteiger partial charge in [-0.1, -0.05) is 97.4 Å². The summed E-state index contributed by atoms with van der Waals surface area (Å²) in [5, 5.41) is 4.14. The Labute approximate surface area is 184 Å². The van der Waals surface area contributed by atoms with E-state index in [1.165, 1.54) is 63.6 Å². The van der Waals surface area contributed by atoms with Crippen molar-refractivity contribution in [3.63, 3.8) is 0 Å². The molecule has 0 saturated carbocycles. The number of hydrogen-bond donors (Lipinski definition) is 0. The van der Waals surface area contributed by atoms with Gasteiger partial charge in [0.1, 0.15) is 5.01 Å². The lowest BCUT2D eigenvalue weighted by molar-refractivity contribution is 0.631. The highest BCUT2D eigenvalue weighted by Gasteiger charge is 2.27. The molecule has 3 heteroatoms. The van der Waals surface area contributed by atoms with E-state index < -0.39 is 7.92 Å². The molecule has 0 saturated heterocycles. The number of thiazole rings is 1. The first-order valence-corrected chi connectivity index (χ1v) is 13.2. The number of aromatic nitrogens is 1. The number of rotatable bonds is 5. The number of aryl methyl sites for hydroxylation is 1. The summed E-state index contributed by atoms with van der Waals surface area (Å²) in [6.07, 6.45) is 6.22. The summed E-state index contributed by atoms with van der Waals surface area (Å²) in [4.78, 5) is 6.75. The Morgan fingerprint density at radius 2 is 1.37 bits per heavy atom. The van der Waals surface area contributed by atoms with E-state index in [-0.39, 0.29) is 0 Å². The standard InChI is InChI=1S/C27H26NPS/c1-4-12-21(13-5-1)27-28-26-22(14-10-11-19-25(26)30-27)20-29(23-15-6-2-7-16-23)24-17-8-3-9-18-24/h1-9,12-13,15-18,22H,10-11,14,19-20H2/t22-/m1/s1. The van der Waals surface area contributed by atoms with Gasteiger partial charge in [-0.25, -0.2) is 4.98 Å². The van der Waals surface area contributed by atoms with Crippen LogP contribution < -0.4 is 10.6 Å². The molecule has 0 radical (unpaired) electrons. The Kier molecular flexibility index (Phi) is 6.06. The normalized spacial score (nSPS) is 16.2. The van der Waals surface area contributed by atoms with E-state index in [1.807, 2.05) is 11.3 Å². The maximum atomic E-state index is 5.23. The molecule has 1 atom stereocenters. The van der Waals surface area contributed by atoms with Gasteiger partial charge in [0.15, 0.2) is 0 Å². The zero-order valence-electron chi connectivity index (χ0n) is 17.1. The van der Waals surface area contributed by atoms with Crippen LogP contribution in [-0.2, 0) is 6.42 Å². The zero-order valence-corrected chi connectivity index (χ0v) is 18.8. The van der Waals surface area contributed by atoms with Crippen molar-refractivity contribution in [2.45, 2.75) is 31.6 Å². The van der Waals surface area contributed by atoms with Gasteiger partial charge in [-0.05, 0) is 44.0 Å². The van der Waals surface area contributed by atoms with Crippen molar-refractivity contribution in [2.24, 2.45) is 0 Å². The van der Waals surface area contributed by atoms with Gasteiger partial charge in [-0.2, -0.15) is 0 Å². The second kappa shape index (κ2) is 9.25. The fourth-order valence-electron chi connectivity index (χ4n) is 4.35. The third kappa shape index (κ3) is 4.26. The molecule has 0 amide bonds. The third-order valence-electron chi connectivity index (χ3n) is 5.88. The molecule has 1 nitrogen and oxygen atoms in total. The van der Waals surface area contributed by atoms with E-state index in [0.717, 1.165) is 0 Å². The van der Waals surface area contributed by atoms with Crippen LogP contribution in [0.25, 0.3) is 10.6 Å². The maximum Gasteiger partial charge on any atom is 0.123 e. The number of fused-ring (bicyclic) bond motifs is 1. The molecule has 3 aromatic carbocycles. The average Bonchev–Trinajstić information content (AvgIpc) is 3.16. The van der Waals surface area contributed by atoms with E-state index in [2.05, 4.69) is 91.0 Å². The Hall–Kier alpha value is -2.28. The summed E-state index contributed by atoms with van der Waals surface area (Å²) in [5.74, 6) is 0.544. The molecule has 150 valence electrons. The van der Waals surface area contributed by atoms with Gasteiger partial charge in [-0.3, -0.25) is 0 Å². The molecule has 1 aliphatic carbocycles. The van der Waals surface area contributed by atoms with Gasteiger partial charge < -0.3 is 0 Å². The smallest absolute Gasteiger partial charge is 0.123 e. The molecule has 1 aliphatic rings. The quantitative estimate of drug-likeness (QED) is 0.253. The van der Waals surface area contributed by atoms with Crippen LogP contribution in [0.5, 0.6) is 0 Å². The predicted molar refractivity (Wildman–Crippen MR) is 132 cm³/mol. The van der Waals surface area contributed by atoms with Crippen molar-refractivity contribution < 1.29 is 0 Å². The lowest BCUT2D eigenvalue weighted by atomic mass is 10.0. The fourth-order valence-corrected chi connectivity index (χ4v) is 8.13. The molecule has 0 fully saturated rings. The van der Waals surface area contributed by atoms with Crippen LogP contribution in [0.4, 0.5) is 0 Å². The van der Waals surface area contributed by atoms with Crippen LogP contribution in [0.3, 0.4) is 0 Å². The van der Waals surface area contributed by atoms with E-state index >= 15 is 0 Å². The van der Waals surface area contributed by atoms with Gasteiger partial charge >= 0.3 is 0 Å². The molecule has 0 aliphatic heterocycles. The van der Waals surface area contributed by atoms with Gasteiger partial charge in [0.25, 0.3) is 0 Å². The van der Waals surface area contributed by atoms with Gasteiger partial charge in [0, 0.05) is 16.4 Å². The van der Waals surface area contributed by atoms with E-state index in [9.17, 15) is 0 Å².